The van der Waals surface area contributed by atoms with Gasteiger partial charge in [-0.15, -0.1) is 0 Å². The molecule has 0 aliphatic carbocycles. The molecule has 0 fully saturated rings. The zero-order chi connectivity index (χ0) is 16.9. The average Bonchev–Trinajstić information content (AvgIpc) is 3.23. The Morgan fingerprint density at radius 3 is 2.75 bits per heavy atom. The molecule has 0 aliphatic rings. The Hall–Kier alpha value is -2.31. The number of carbonyl (C=O) groups excluding carboxylic acids is 1. The van der Waals surface area contributed by atoms with Crippen molar-refractivity contribution < 1.29 is 14.3 Å². The van der Waals surface area contributed by atoms with Crippen LogP contribution in [0.15, 0.2) is 58.4 Å². The zero-order valence-electron chi connectivity index (χ0n) is 13.3. The van der Waals surface area contributed by atoms with Crippen LogP contribution in [0.1, 0.15) is 27.4 Å². The minimum absolute atomic E-state index is 0.0538. The van der Waals surface area contributed by atoms with Crippen LogP contribution >= 0.6 is 11.8 Å². The van der Waals surface area contributed by atoms with Crippen LogP contribution in [0.2, 0.25) is 0 Å². The van der Waals surface area contributed by atoms with E-state index in [4.69, 9.17) is 4.42 Å². The lowest BCUT2D eigenvalue weighted by Gasteiger charge is -2.09. The molecule has 24 heavy (non-hydrogen) atoms. The summed E-state index contributed by atoms with van der Waals surface area (Å²) in [6.07, 6.45) is 3.24. The third-order valence-electron chi connectivity index (χ3n) is 3.66. The number of aryl methyl sites for hydroxylation is 1. The minimum Gasteiger partial charge on any atom is -0.467 e. The fourth-order valence-electron chi connectivity index (χ4n) is 2.31. The fourth-order valence-corrected chi connectivity index (χ4v) is 3.21. The maximum Gasteiger partial charge on any atom is 0.173 e. The van der Waals surface area contributed by atoms with Gasteiger partial charge in [0.2, 0.25) is 0 Å². The Balaban J connectivity index is 1.71. The first-order valence-corrected chi connectivity index (χ1v) is 8.56. The second-order valence-corrected chi connectivity index (χ2v) is 6.38. The lowest BCUT2D eigenvalue weighted by molar-refractivity contribution is 0.102. The molecule has 0 unspecified atom stereocenters. The number of thioether (sulfide) groups is 1. The molecule has 0 saturated carbocycles. The predicted molar refractivity (Wildman–Crippen MR) is 92.2 cm³/mol. The molecule has 0 amide bonds. The number of imidazole rings is 1. The monoisotopic (exact) mass is 342 g/mol. The summed E-state index contributed by atoms with van der Waals surface area (Å²) in [5.74, 6) is 1.12. The molecule has 2 heterocycles. The van der Waals surface area contributed by atoms with E-state index in [-0.39, 0.29) is 12.4 Å². The molecule has 1 aromatic carbocycles. The van der Waals surface area contributed by atoms with Gasteiger partial charge in [-0.3, -0.25) is 4.79 Å². The molecular formula is C18H18N2O3S. The van der Waals surface area contributed by atoms with E-state index >= 15 is 0 Å². The van der Waals surface area contributed by atoms with Crippen LogP contribution in [0.3, 0.4) is 0 Å². The van der Waals surface area contributed by atoms with Crippen LogP contribution in [0.5, 0.6) is 0 Å². The summed E-state index contributed by atoms with van der Waals surface area (Å²) in [5.41, 5.74) is 2.51. The number of aliphatic hydroxyl groups excluding tert-OH is 1. The lowest BCUT2D eigenvalue weighted by atomic mass is 10.1. The van der Waals surface area contributed by atoms with Gasteiger partial charge in [-0.25, -0.2) is 4.98 Å². The smallest absolute Gasteiger partial charge is 0.173 e. The molecule has 0 saturated heterocycles. The number of benzene rings is 1. The van der Waals surface area contributed by atoms with Gasteiger partial charge in [-0.05, 0) is 19.1 Å². The summed E-state index contributed by atoms with van der Waals surface area (Å²) in [6.45, 7) is 2.36. The summed E-state index contributed by atoms with van der Waals surface area (Å²) in [6, 6.07) is 11.2. The average molecular weight is 342 g/mol. The third-order valence-corrected chi connectivity index (χ3v) is 4.65. The number of hydrogen-bond acceptors (Lipinski definition) is 5. The van der Waals surface area contributed by atoms with Crippen LogP contribution in [0, 0.1) is 6.92 Å². The van der Waals surface area contributed by atoms with Gasteiger partial charge in [0.25, 0.3) is 0 Å². The van der Waals surface area contributed by atoms with E-state index in [1.807, 2.05) is 47.9 Å². The number of rotatable bonds is 7. The first kappa shape index (κ1) is 16.5. The summed E-state index contributed by atoms with van der Waals surface area (Å²) in [4.78, 5) is 16.6. The van der Waals surface area contributed by atoms with Crippen molar-refractivity contribution in [3.63, 3.8) is 0 Å². The number of hydrogen-bond donors (Lipinski definition) is 1. The summed E-state index contributed by atoms with van der Waals surface area (Å²) in [5, 5.41) is 10.2. The Kier molecular flexibility index (Phi) is 5.17. The van der Waals surface area contributed by atoms with Crippen molar-refractivity contribution in [1.82, 2.24) is 9.55 Å². The first-order valence-electron chi connectivity index (χ1n) is 7.57. The quantitative estimate of drug-likeness (QED) is 0.527. The van der Waals surface area contributed by atoms with Crippen LogP contribution in [0.25, 0.3) is 0 Å². The van der Waals surface area contributed by atoms with E-state index in [9.17, 15) is 9.90 Å². The summed E-state index contributed by atoms with van der Waals surface area (Å²) in [7, 11) is 0. The van der Waals surface area contributed by atoms with Crippen molar-refractivity contribution in [1.29, 1.82) is 0 Å². The van der Waals surface area contributed by atoms with Gasteiger partial charge in [0.05, 0.1) is 37.1 Å². The zero-order valence-corrected chi connectivity index (χ0v) is 14.1. The fraction of sp³-hybridized carbons (Fsp3) is 0.222. The maximum atomic E-state index is 12.3. The van der Waals surface area contributed by atoms with Gasteiger partial charge in [0, 0.05) is 5.56 Å². The second-order valence-electron chi connectivity index (χ2n) is 5.43. The van der Waals surface area contributed by atoms with E-state index < -0.39 is 0 Å². The number of furan rings is 1. The van der Waals surface area contributed by atoms with Crippen LogP contribution in [-0.4, -0.2) is 26.2 Å². The first-order chi connectivity index (χ1) is 11.7. The van der Waals surface area contributed by atoms with Gasteiger partial charge in [-0.2, -0.15) is 0 Å². The van der Waals surface area contributed by atoms with E-state index in [0.29, 0.717) is 28.7 Å². The Morgan fingerprint density at radius 2 is 2.08 bits per heavy atom. The SMILES string of the molecule is Cc1ccc(C(=O)CSc2ncc(CO)n2Cc2ccco2)cc1. The van der Waals surface area contributed by atoms with Crippen molar-refractivity contribution in [2.45, 2.75) is 25.2 Å². The molecule has 0 spiro atoms. The normalized spacial score (nSPS) is 10.9. The maximum absolute atomic E-state index is 12.3. The lowest BCUT2D eigenvalue weighted by Crippen LogP contribution is -2.08. The highest BCUT2D eigenvalue weighted by Gasteiger charge is 2.14. The van der Waals surface area contributed by atoms with E-state index in [0.717, 1.165) is 11.3 Å². The van der Waals surface area contributed by atoms with E-state index in [1.165, 1.54) is 11.8 Å². The second kappa shape index (κ2) is 7.51. The van der Waals surface area contributed by atoms with Crippen molar-refractivity contribution in [2.24, 2.45) is 0 Å². The van der Waals surface area contributed by atoms with Crippen molar-refractivity contribution in [2.75, 3.05) is 5.75 Å². The number of ketones is 1. The number of aliphatic hydroxyl groups is 1. The predicted octanol–water partition coefficient (Wildman–Crippen LogP) is 3.30. The molecule has 0 bridgehead atoms. The summed E-state index contributed by atoms with van der Waals surface area (Å²) >= 11 is 1.36. The Bertz CT molecular complexity index is 807. The van der Waals surface area contributed by atoms with Crippen molar-refractivity contribution >= 4 is 17.5 Å². The van der Waals surface area contributed by atoms with Gasteiger partial charge in [-0.1, -0.05) is 41.6 Å². The highest BCUT2D eigenvalue weighted by atomic mass is 32.2. The van der Waals surface area contributed by atoms with E-state index in [2.05, 4.69) is 4.98 Å². The third kappa shape index (κ3) is 3.77. The van der Waals surface area contributed by atoms with Gasteiger partial charge in [0.15, 0.2) is 10.9 Å². The van der Waals surface area contributed by atoms with Crippen LogP contribution in [0.4, 0.5) is 0 Å². The molecule has 6 heteroatoms. The molecule has 3 aromatic rings. The number of nitrogens with zero attached hydrogens (tertiary/aromatic N) is 2. The molecular weight excluding hydrogens is 324 g/mol. The van der Waals surface area contributed by atoms with E-state index in [1.54, 1.807) is 12.5 Å². The highest BCUT2D eigenvalue weighted by molar-refractivity contribution is 7.99. The topological polar surface area (TPSA) is 68.3 Å². The minimum atomic E-state index is -0.111. The molecule has 0 atom stereocenters. The van der Waals surface area contributed by atoms with Crippen LogP contribution < -0.4 is 0 Å². The number of carbonyl (C=O) groups is 1. The van der Waals surface area contributed by atoms with Gasteiger partial charge < -0.3 is 14.1 Å². The standard InChI is InChI=1S/C18H18N2O3S/c1-13-4-6-14(7-5-13)17(22)12-24-18-19-9-15(11-21)20(18)10-16-3-2-8-23-16/h2-9,21H,10-12H2,1H3. The molecule has 124 valence electrons. The molecule has 2 aromatic heterocycles. The highest BCUT2D eigenvalue weighted by Crippen LogP contribution is 2.22. The molecule has 0 aliphatic heterocycles. The molecule has 1 N–H and O–H groups in total. The van der Waals surface area contributed by atoms with Gasteiger partial charge in [0.1, 0.15) is 5.76 Å². The van der Waals surface area contributed by atoms with Crippen molar-refractivity contribution in [3.8, 4) is 0 Å². The number of Topliss-reactive ketones (excluding diaryl/α,β-unsaturated/α-hetero) is 1. The van der Waals surface area contributed by atoms with Crippen LogP contribution in [-0.2, 0) is 13.2 Å². The summed E-state index contributed by atoms with van der Waals surface area (Å²) < 4.78 is 7.23. The van der Waals surface area contributed by atoms with Crippen molar-refractivity contribution in [3.05, 3.63) is 71.4 Å². The Labute approximate surface area is 144 Å². The number of aromatic nitrogens is 2. The molecule has 0 radical (unpaired) electrons. The van der Waals surface area contributed by atoms with Gasteiger partial charge >= 0.3 is 0 Å². The molecule has 5 nitrogen and oxygen atoms in total. The largest absolute Gasteiger partial charge is 0.467 e. The molecule has 3 rings (SSSR count). The Morgan fingerprint density at radius 1 is 1.29 bits per heavy atom.